The first-order chi connectivity index (χ1) is 16.3. The average molecular weight is 447 g/mol. The van der Waals surface area contributed by atoms with Gasteiger partial charge in [0.25, 0.3) is 11.3 Å². The van der Waals surface area contributed by atoms with Gasteiger partial charge in [0.15, 0.2) is 11.6 Å². The molecule has 5 heterocycles. The summed E-state index contributed by atoms with van der Waals surface area (Å²) in [5.74, 6) is 1.42. The Morgan fingerprint density at radius 3 is 2.73 bits per heavy atom. The topological polar surface area (TPSA) is 106 Å². The molecule has 0 saturated carbocycles. The van der Waals surface area contributed by atoms with Crippen LogP contribution < -0.4 is 5.56 Å². The molecule has 1 atom stereocenters. The fourth-order valence-electron chi connectivity index (χ4n) is 4.71. The number of nitrogens with one attached hydrogen (secondary N) is 1. The van der Waals surface area contributed by atoms with Crippen LogP contribution in [0.1, 0.15) is 37.3 Å². The summed E-state index contributed by atoms with van der Waals surface area (Å²) < 4.78 is 8.86. The van der Waals surface area contributed by atoms with E-state index in [-0.39, 0.29) is 11.6 Å². The highest BCUT2D eigenvalue weighted by Gasteiger charge is 2.25. The summed E-state index contributed by atoms with van der Waals surface area (Å²) in [6, 6.07) is 8.44. The number of H-pyrrole nitrogens is 1. The second kappa shape index (κ2) is 8.53. The minimum Gasteiger partial charge on any atom is -0.379 e. The third-order valence-electron chi connectivity index (χ3n) is 6.48. The predicted octanol–water partition coefficient (Wildman–Crippen LogP) is 2.29. The van der Waals surface area contributed by atoms with Crippen molar-refractivity contribution >= 4 is 5.78 Å². The van der Waals surface area contributed by atoms with Gasteiger partial charge in [0.2, 0.25) is 0 Å². The van der Waals surface area contributed by atoms with E-state index in [0.717, 1.165) is 31.6 Å². The van der Waals surface area contributed by atoms with Gasteiger partial charge in [0.05, 0.1) is 12.6 Å². The summed E-state index contributed by atoms with van der Waals surface area (Å²) in [5, 5.41) is 7.65. The van der Waals surface area contributed by atoms with Gasteiger partial charge >= 0.3 is 0 Å². The highest BCUT2D eigenvalue weighted by atomic mass is 16.5. The number of nitrogens with zero attached hydrogens (tertiary/aromatic N) is 7. The molecule has 2 saturated heterocycles. The molecule has 10 nitrogen and oxygen atoms in total. The van der Waals surface area contributed by atoms with E-state index in [4.69, 9.17) is 14.8 Å². The zero-order valence-electron chi connectivity index (χ0n) is 18.4. The molecule has 4 aromatic rings. The van der Waals surface area contributed by atoms with Crippen LogP contribution in [0, 0.1) is 0 Å². The smallest absolute Gasteiger partial charge is 0.285 e. The minimum absolute atomic E-state index is 0.0197. The molecule has 2 aliphatic heterocycles. The summed E-state index contributed by atoms with van der Waals surface area (Å²) in [6.07, 6.45) is 7.42. The first-order valence-electron chi connectivity index (χ1n) is 11.5. The fourth-order valence-corrected chi connectivity index (χ4v) is 4.71. The summed E-state index contributed by atoms with van der Waals surface area (Å²) in [5.41, 5.74) is 2.34. The van der Waals surface area contributed by atoms with Crippen LogP contribution in [0.25, 0.3) is 28.6 Å². The maximum absolute atomic E-state index is 13.1. The van der Waals surface area contributed by atoms with Crippen LogP contribution >= 0.6 is 0 Å². The van der Waals surface area contributed by atoms with Crippen LogP contribution in [-0.4, -0.2) is 65.5 Å². The lowest BCUT2D eigenvalue weighted by molar-refractivity contribution is 0.0555. The van der Waals surface area contributed by atoms with Crippen molar-refractivity contribution in [3.8, 4) is 22.8 Å². The maximum Gasteiger partial charge on any atom is 0.285 e. The largest absolute Gasteiger partial charge is 0.379 e. The van der Waals surface area contributed by atoms with E-state index in [2.05, 4.69) is 44.2 Å². The molecule has 10 heteroatoms. The summed E-state index contributed by atoms with van der Waals surface area (Å²) in [7, 11) is 0. The van der Waals surface area contributed by atoms with Gasteiger partial charge in [-0.3, -0.25) is 14.8 Å². The summed E-state index contributed by atoms with van der Waals surface area (Å²) in [6.45, 7) is 4.61. The van der Waals surface area contributed by atoms with Crippen molar-refractivity contribution in [1.29, 1.82) is 0 Å². The number of benzene rings is 1. The highest BCUT2D eigenvalue weighted by molar-refractivity contribution is 5.61. The number of hydrogen-bond donors (Lipinski definition) is 1. The van der Waals surface area contributed by atoms with Crippen LogP contribution in [-0.2, 0) is 11.3 Å². The lowest BCUT2D eigenvalue weighted by Gasteiger charge is -2.23. The van der Waals surface area contributed by atoms with Crippen molar-refractivity contribution in [2.45, 2.75) is 38.3 Å². The molecule has 3 aromatic heterocycles. The van der Waals surface area contributed by atoms with Crippen molar-refractivity contribution in [2.75, 3.05) is 26.3 Å². The van der Waals surface area contributed by atoms with Crippen LogP contribution in [0.2, 0.25) is 0 Å². The van der Waals surface area contributed by atoms with Crippen LogP contribution in [0.3, 0.4) is 0 Å². The predicted molar refractivity (Wildman–Crippen MR) is 122 cm³/mol. The average Bonchev–Trinajstić information content (AvgIpc) is 3.62. The summed E-state index contributed by atoms with van der Waals surface area (Å²) in [4.78, 5) is 28.8. The minimum atomic E-state index is -0.254. The zero-order valence-corrected chi connectivity index (χ0v) is 18.4. The number of aromatic nitrogens is 7. The molecular formula is C23H26N8O2. The maximum atomic E-state index is 13.1. The third-order valence-corrected chi connectivity index (χ3v) is 6.48. The van der Waals surface area contributed by atoms with Gasteiger partial charge in [-0.2, -0.15) is 9.61 Å². The molecule has 2 aliphatic rings. The van der Waals surface area contributed by atoms with Crippen molar-refractivity contribution < 1.29 is 4.74 Å². The molecule has 0 amide bonds. The van der Waals surface area contributed by atoms with Gasteiger partial charge in [-0.1, -0.05) is 24.3 Å². The molecule has 1 aromatic carbocycles. The molecular weight excluding hydrogens is 420 g/mol. The number of aromatic amines is 1. The molecule has 0 aliphatic carbocycles. The molecule has 170 valence electrons. The number of likely N-dealkylation sites (tertiary alicyclic amines) is 1. The number of hydrogen-bond acceptors (Lipinski definition) is 7. The van der Waals surface area contributed by atoms with Crippen LogP contribution in [0.5, 0.6) is 0 Å². The molecule has 0 bridgehead atoms. The van der Waals surface area contributed by atoms with Gasteiger partial charge in [0.1, 0.15) is 11.9 Å². The number of fused-ring (bicyclic) bond motifs is 1. The Hall–Kier alpha value is -3.37. The Kier molecular flexibility index (Phi) is 5.23. The van der Waals surface area contributed by atoms with E-state index in [1.807, 2.05) is 4.68 Å². The highest BCUT2D eigenvalue weighted by Crippen LogP contribution is 2.27. The molecule has 2 fully saturated rings. The van der Waals surface area contributed by atoms with E-state index in [9.17, 15) is 4.79 Å². The van der Waals surface area contributed by atoms with E-state index < -0.39 is 0 Å². The molecule has 33 heavy (non-hydrogen) atoms. The third kappa shape index (κ3) is 3.85. The van der Waals surface area contributed by atoms with Gasteiger partial charge < -0.3 is 4.74 Å². The Morgan fingerprint density at radius 2 is 1.94 bits per heavy atom. The standard InChI is InChI=1S/C23H26N8O2/c32-22-19(12-24-23-25-15-26-31(22)23)21-27-20(28-30(21)18-4-3-11-33-14-18)17-7-5-16(6-8-17)13-29-9-1-2-10-29/h5-8,12,15,18H,1-4,9-11,13-14H2,(H,24,25,26). The van der Waals surface area contributed by atoms with Gasteiger partial charge in [-0.15, -0.1) is 0 Å². The van der Waals surface area contributed by atoms with E-state index in [0.29, 0.717) is 29.6 Å². The number of rotatable bonds is 5. The molecule has 0 spiro atoms. The van der Waals surface area contributed by atoms with E-state index >= 15 is 0 Å². The Bertz CT molecular complexity index is 1310. The summed E-state index contributed by atoms with van der Waals surface area (Å²) >= 11 is 0. The van der Waals surface area contributed by atoms with Gasteiger partial charge in [-0.05, 0) is 44.3 Å². The quantitative estimate of drug-likeness (QED) is 0.501. The molecule has 1 unspecified atom stereocenters. The normalized spacial score (nSPS) is 19.5. The van der Waals surface area contributed by atoms with Crippen LogP contribution in [0.4, 0.5) is 0 Å². The van der Waals surface area contributed by atoms with Crippen molar-refractivity contribution in [3.05, 3.63) is 52.7 Å². The molecule has 1 N–H and O–H groups in total. The Morgan fingerprint density at radius 1 is 1.09 bits per heavy atom. The molecule has 0 radical (unpaired) electrons. The first kappa shape index (κ1) is 20.3. The lowest BCUT2D eigenvalue weighted by Crippen LogP contribution is -2.25. The second-order valence-corrected chi connectivity index (χ2v) is 8.75. The fraction of sp³-hybridized carbons (Fsp3) is 0.435. The van der Waals surface area contributed by atoms with Gasteiger partial charge in [-0.25, -0.2) is 19.6 Å². The second-order valence-electron chi connectivity index (χ2n) is 8.75. The molecule has 6 rings (SSSR count). The van der Waals surface area contributed by atoms with Gasteiger partial charge in [0, 0.05) is 24.9 Å². The SMILES string of the molecule is O=c1c(-c2nc(-c3ccc(CN4CCCC4)cc3)nn2C2CCCOC2)cnc2nc[nH]n12. The van der Waals surface area contributed by atoms with Crippen LogP contribution in [0.15, 0.2) is 41.6 Å². The Labute approximate surface area is 190 Å². The first-order valence-corrected chi connectivity index (χ1v) is 11.5. The van der Waals surface area contributed by atoms with Crippen molar-refractivity contribution in [1.82, 2.24) is 39.2 Å². The van der Waals surface area contributed by atoms with E-state index in [1.165, 1.54) is 48.5 Å². The monoisotopic (exact) mass is 446 g/mol. The van der Waals surface area contributed by atoms with Crippen molar-refractivity contribution in [3.63, 3.8) is 0 Å². The lowest BCUT2D eigenvalue weighted by atomic mass is 10.1. The number of ether oxygens (including phenoxy) is 1. The van der Waals surface area contributed by atoms with E-state index in [1.54, 1.807) is 0 Å². The zero-order chi connectivity index (χ0) is 22.2. The Balaban J connectivity index is 1.38. The van der Waals surface area contributed by atoms with Crippen molar-refractivity contribution in [2.24, 2.45) is 0 Å².